The number of hydrogen-bond donors (Lipinski definition) is 1. The highest BCUT2D eigenvalue weighted by Crippen LogP contribution is 2.45. The van der Waals surface area contributed by atoms with Gasteiger partial charge in [-0.25, -0.2) is 9.18 Å². The number of hydrogen-bond acceptors (Lipinski definition) is 2. The van der Waals surface area contributed by atoms with Crippen LogP contribution in [-0.4, -0.2) is 17.5 Å². The zero-order valence-corrected chi connectivity index (χ0v) is 17.0. The van der Waals surface area contributed by atoms with Crippen LogP contribution in [0.25, 0.3) is 0 Å². The number of nitrogens with one attached hydrogen (secondary N) is 1. The molecule has 1 atom stereocenters. The van der Waals surface area contributed by atoms with E-state index in [1.807, 2.05) is 34.4 Å². The number of carbonyl (C=O) groups is 1. The second-order valence-electron chi connectivity index (χ2n) is 7.75. The van der Waals surface area contributed by atoms with Gasteiger partial charge < -0.3 is 10.2 Å². The van der Waals surface area contributed by atoms with Crippen molar-refractivity contribution in [3.8, 4) is 0 Å². The van der Waals surface area contributed by atoms with E-state index < -0.39 is 0 Å². The summed E-state index contributed by atoms with van der Waals surface area (Å²) in [6.07, 6.45) is 5.73. The molecule has 29 heavy (non-hydrogen) atoms. The van der Waals surface area contributed by atoms with Crippen LogP contribution in [0.15, 0.2) is 54.6 Å². The number of aryl methyl sites for hydroxylation is 1. The summed E-state index contributed by atoms with van der Waals surface area (Å²) in [7, 11) is 0. The fourth-order valence-corrected chi connectivity index (χ4v) is 6.18. The number of halogens is 1. The highest BCUT2D eigenvalue weighted by atomic mass is 32.1. The van der Waals surface area contributed by atoms with E-state index in [1.54, 1.807) is 17.7 Å². The Kier molecular flexibility index (Phi) is 4.84. The number of rotatable bonds is 2. The molecule has 0 saturated heterocycles. The Labute approximate surface area is 174 Å². The molecule has 1 aliphatic heterocycles. The number of amides is 2. The van der Waals surface area contributed by atoms with E-state index in [0.29, 0.717) is 12.2 Å². The summed E-state index contributed by atoms with van der Waals surface area (Å²) in [6, 6.07) is 16.1. The molecule has 1 aromatic heterocycles. The van der Waals surface area contributed by atoms with E-state index in [0.717, 1.165) is 24.8 Å². The Morgan fingerprint density at radius 2 is 1.83 bits per heavy atom. The van der Waals surface area contributed by atoms with Gasteiger partial charge in [-0.1, -0.05) is 36.4 Å². The Hall–Kier alpha value is -2.66. The van der Waals surface area contributed by atoms with Crippen molar-refractivity contribution in [2.45, 2.75) is 38.1 Å². The lowest BCUT2D eigenvalue weighted by atomic mass is 9.88. The summed E-state index contributed by atoms with van der Waals surface area (Å²) in [4.78, 5) is 17.9. The van der Waals surface area contributed by atoms with Crippen molar-refractivity contribution in [2.24, 2.45) is 0 Å². The zero-order chi connectivity index (χ0) is 19.8. The summed E-state index contributed by atoms with van der Waals surface area (Å²) in [5.74, 6) is -0.353. The Bertz CT molecular complexity index is 1050. The maximum Gasteiger partial charge on any atom is 0.322 e. The van der Waals surface area contributed by atoms with E-state index in [4.69, 9.17) is 0 Å². The molecular formula is C24H23FN2OS. The molecule has 5 heteroatoms. The second kappa shape index (κ2) is 7.64. The fraction of sp³-hybridized carbons (Fsp3) is 0.292. The van der Waals surface area contributed by atoms with Crippen molar-refractivity contribution < 1.29 is 9.18 Å². The number of anilines is 1. The molecule has 2 heterocycles. The summed E-state index contributed by atoms with van der Waals surface area (Å²) < 4.78 is 13.6. The molecule has 0 fully saturated rings. The number of nitrogens with zero attached hydrogens (tertiary/aromatic N) is 1. The molecule has 2 amide bonds. The highest BCUT2D eigenvalue weighted by Gasteiger charge is 2.36. The van der Waals surface area contributed by atoms with E-state index in [1.165, 1.54) is 40.3 Å². The lowest BCUT2D eigenvalue weighted by Crippen LogP contribution is -2.42. The van der Waals surface area contributed by atoms with Crippen LogP contribution in [0, 0.1) is 5.82 Å². The second-order valence-corrected chi connectivity index (χ2v) is 8.89. The van der Waals surface area contributed by atoms with Gasteiger partial charge in [-0.3, -0.25) is 0 Å². The number of benzene rings is 2. The van der Waals surface area contributed by atoms with Gasteiger partial charge in [0.15, 0.2) is 0 Å². The molecule has 2 aromatic carbocycles. The van der Waals surface area contributed by atoms with Crippen molar-refractivity contribution in [1.82, 2.24) is 4.90 Å². The third-order valence-corrected chi connectivity index (χ3v) is 7.31. The molecule has 0 unspecified atom stereocenters. The minimum atomic E-state index is -0.353. The molecule has 0 bridgehead atoms. The fourth-order valence-electron chi connectivity index (χ4n) is 4.60. The van der Waals surface area contributed by atoms with Gasteiger partial charge in [0.25, 0.3) is 0 Å². The van der Waals surface area contributed by atoms with Crippen LogP contribution in [0.2, 0.25) is 0 Å². The van der Waals surface area contributed by atoms with Crippen LogP contribution in [-0.2, 0) is 19.3 Å². The summed E-state index contributed by atoms with van der Waals surface area (Å²) in [5.41, 5.74) is 4.62. The van der Waals surface area contributed by atoms with E-state index >= 15 is 0 Å². The normalized spacial score (nSPS) is 18.1. The molecule has 1 aliphatic carbocycles. The van der Waals surface area contributed by atoms with Crippen molar-refractivity contribution in [2.75, 3.05) is 11.9 Å². The van der Waals surface area contributed by atoms with E-state index in [-0.39, 0.29) is 17.9 Å². The van der Waals surface area contributed by atoms with Crippen molar-refractivity contribution in [3.05, 3.63) is 86.9 Å². The molecule has 0 radical (unpaired) electrons. The van der Waals surface area contributed by atoms with Gasteiger partial charge >= 0.3 is 6.03 Å². The van der Waals surface area contributed by atoms with Gasteiger partial charge in [0.05, 0.1) is 6.04 Å². The standard InChI is InChI=1S/C24H23FN2OS/c25-17-9-6-10-18(15-17)26-24(28)27-14-13-20-19-11-4-5-12-21(19)29-23(20)22(27)16-7-2-1-3-8-16/h1-3,6-10,15,22H,4-5,11-14H2,(H,26,28)/t22-/m1/s1. The molecular weight excluding hydrogens is 383 g/mol. The summed E-state index contributed by atoms with van der Waals surface area (Å²) >= 11 is 1.89. The molecule has 148 valence electrons. The average Bonchev–Trinajstić information content (AvgIpc) is 3.12. The van der Waals surface area contributed by atoms with Gasteiger partial charge in [-0.15, -0.1) is 11.3 Å². The molecule has 2 aliphatic rings. The minimum absolute atomic E-state index is 0.0934. The maximum absolute atomic E-state index is 13.6. The van der Waals surface area contributed by atoms with Crippen LogP contribution in [0.5, 0.6) is 0 Å². The van der Waals surface area contributed by atoms with Crippen LogP contribution >= 0.6 is 11.3 Å². The number of thiophene rings is 1. The van der Waals surface area contributed by atoms with Gasteiger partial charge in [-0.2, -0.15) is 0 Å². The molecule has 0 saturated carbocycles. The van der Waals surface area contributed by atoms with Gasteiger partial charge in [-0.05, 0) is 67.0 Å². The lowest BCUT2D eigenvalue weighted by Gasteiger charge is -2.36. The third kappa shape index (κ3) is 3.44. The number of carbonyl (C=O) groups excluding carboxylic acids is 1. The Morgan fingerprint density at radius 1 is 1.00 bits per heavy atom. The predicted molar refractivity (Wildman–Crippen MR) is 115 cm³/mol. The van der Waals surface area contributed by atoms with E-state index in [2.05, 4.69) is 17.4 Å². The van der Waals surface area contributed by atoms with E-state index in [9.17, 15) is 9.18 Å². The highest BCUT2D eigenvalue weighted by molar-refractivity contribution is 7.12. The largest absolute Gasteiger partial charge is 0.322 e. The van der Waals surface area contributed by atoms with Gasteiger partial charge in [0.1, 0.15) is 5.82 Å². The topological polar surface area (TPSA) is 32.3 Å². The average molecular weight is 407 g/mol. The summed E-state index contributed by atoms with van der Waals surface area (Å²) in [5, 5.41) is 2.90. The first-order valence-corrected chi connectivity index (χ1v) is 11.0. The van der Waals surface area contributed by atoms with Crippen LogP contribution in [0.1, 0.15) is 45.3 Å². The minimum Gasteiger partial charge on any atom is -0.312 e. The SMILES string of the molecule is O=C(Nc1cccc(F)c1)N1CCc2c(sc3c2CCCC3)[C@H]1c1ccccc1. The van der Waals surface area contributed by atoms with Crippen molar-refractivity contribution >= 4 is 23.1 Å². The summed E-state index contributed by atoms with van der Waals surface area (Å²) in [6.45, 7) is 0.664. The van der Waals surface area contributed by atoms with Crippen LogP contribution < -0.4 is 5.32 Å². The monoisotopic (exact) mass is 406 g/mol. The van der Waals surface area contributed by atoms with Gasteiger partial charge in [0, 0.05) is 22.0 Å². The first kappa shape index (κ1) is 18.4. The smallest absolute Gasteiger partial charge is 0.312 e. The molecule has 3 nitrogen and oxygen atoms in total. The first-order chi connectivity index (χ1) is 14.2. The molecule has 0 spiro atoms. The Morgan fingerprint density at radius 3 is 2.66 bits per heavy atom. The van der Waals surface area contributed by atoms with Crippen LogP contribution in [0.4, 0.5) is 14.9 Å². The third-order valence-electron chi connectivity index (χ3n) is 5.93. The van der Waals surface area contributed by atoms with Crippen molar-refractivity contribution in [1.29, 1.82) is 0 Å². The molecule has 1 N–H and O–H groups in total. The van der Waals surface area contributed by atoms with Crippen LogP contribution in [0.3, 0.4) is 0 Å². The number of fused-ring (bicyclic) bond motifs is 3. The quantitative estimate of drug-likeness (QED) is 0.561. The van der Waals surface area contributed by atoms with Crippen molar-refractivity contribution in [3.63, 3.8) is 0 Å². The lowest BCUT2D eigenvalue weighted by molar-refractivity contribution is 0.195. The van der Waals surface area contributed by atoms with Gasteiger partial charge in [0.2, 0.25) is 0 Å². The molecule has 5 rings (SSSR count). The predicted octanol–water partition coefficient (Wildman–Crippen LogP) is 5.95. The Balaban J connectivity index is 1.53. The zero-order valence-electron chi connectivity index (χ0n) is 16.2. The maximum atomic E-state index is 13.6. The molecule has 3 aromatic rings. The first-order valence-electron chi connectivity index (χ1n) is 10.2. The number of urea groups is 1.